The molecular weight excluding hydrogens is 385 g/mol. The fourth-order valence-corrected chi connectivity index (χ4v) is 2.67. The third kappa shape index (κ3) is 2.59. The van der Waals surface area contributed by atoms with E-state index in [-0.39, 0.29) is 5.69 Å². The van der Waals surface area contributed by atoms with Gasteiger partial charge in [0.1, 0.15) is 0 Å². The zero-order valence-corrected chi connectivity index (χ0v) is 14.4. The van der Waals surface area contributed by atoms with E-state index < -0.39 is 52.9 Å². The molecule has 2 heterocycles. The Morgan fingerprint density at radius 2 is 1.61 bits per heavy atom. The van der Waals surface area contributed by atoms with Gasteiger partial charge in [-0.2, -0.15) is 8.78 Å². The summed E-state index contributed by atoms with van der Waals surface area (Å²) in [6.07, 6.45) is 0.824. The maximum absolute atomic E-state index is 14.6. The maximum atomic E-state index is 14.6. The van der Waals surface area contributed by atoms with Crippen molar-refractivity contribution in [2.24, 2.45) is 14.1 Å². The molecule has 0 bridgehead atoms. The van der Waals surface area contributed by atoms with Crippen LogP contribution in [-0.4, -0.2) is 32.3 Å². The molecule has 1 aromatic carbocycles. The molecular formula is C16H11F3N4O5. The van der Waals surface area contributed by atoms with E-state index in [2.05, 4.69) is 4.74 Å². The molecule has 0 aliphatic carbocycles. The van der Waals surface area contributed by atoms with Crippen molar-refractivity contribution in [1.29, 1.82) is 0 Å². The summed E-state index contributed by atoms with van der Waals surface area (Å²) in [6.45, 7) is -0.601. The van der Waals surface area contributed by atoms with Gasteiger partial charge < -0.3 is 4.74 Å². The Bertz CT molecular complexity index is 1190. The smallest absolute Gasteiger partial charge is 0.423 e. The third-order valence-electron chi connectivity index (χ3n) is 4.07. The molecule has 146 valence electrons. The van der Waals surface area contributed by atoms with Crippen molar-refractivity contribution in [3.05, 3.63) is 49.4 Å². The first-order chi connectivity index (χ1) is 13.0. The second kappa shape index (κ2) is 6.15. The van der Waals surface area contributed by atoms with Crippen molar-refractivity contribution in [3.8, 4) is 23.8 Å². The summed E-state index contributed by atoms with van der Waals surface area (Å²) in [5, 5.41) is 0. The van der Waals surface area contributed by atoms with Crippen LogP contribution < -0.4 is 26.7 Å². The van der Waals surface area contributed by atoms with Crippen molar-refractivity contribution < 1.29 is 22.7 Å². The SMILES string of the molecule is C#CCN1C(=O)C(F)(F)Oc2cc(F)c(-n3c(=O)n(C)c(=O)n(C)c3=O)cc21. The van der Waals surface area contributed by atoms with Gasteiger partial charge in [0, 0.05) is 20.2 Å². The van der Waals surface area contributed by atoms with E-state index in [1.165, 1.54) is 0 Å². The fraction of sp³-hybridized carbons (Fsp3) is 0.250. The van der Waals surface area contributed by atoms with Crippen LogP contribution in [0.3, 0.4) is 0 Å². The molecule has 0 saturated heterocycles. The normalized spacial score (nSPS) is 15.0. The average Bonchev–Trinajstić information content (AvgIpc) is 2.63. The van der Waals surface area contributed by atoms with E-state index in [4.69, 9.17) is 6.42 Å². The number of anilines is 1. The van der Waals surface area contributed by atoms with Gasteiger partial charge in [0.25, 0.3) is 0 Å². The number of nitrogens with zero attached hydrogens (tertiary/aromatic N) is 4. The molecule has 0 unspecified atom stereocenters. The highest BCUT2D eigenvalue weighted by atomic mass is 19.3. The summed E-state index contributed by atoms with van der Waals surface area (Å²) in [4.78, 5) is 48.8. The van der Waals surface area contributed by atoms with E-state index in [1.54, 1.807) is 0 Å². The number of benzene rings is 1. The van der Waals surface area contributed by atoms with E-state index >= 15 is 0 Å². The first-order valence-electron chi connectivity index (χ1n) is 7.56. The van der Waals surface area contributed by atoms with E-state index in [0.717, 1.165) is 20.2 Å². The number of hydrogen-bond acceptors (Lipinski definition) is 5. The average molecular weight is 396 g/mol. The summed E-state index contributed by atoms with van der Waals surface area (Å²) >= 11 is 0. The number of carbonyl (C=O) groups is 1. The van der Waals surface area contributed by atoms with Gasteiger partial charge >= 0.3 is 29.1 Å². The Hall–Kier alpha value is -3.75. The maximum Gasteiger partial charge on any atom is 0.483 e. The Kier molecular flexibility index (Phi) is 4.18. The number of alkyl halides is 2. The molecule has 0 saturated carbocycles. The van der Waals surface area contributed by atoms with Crippen LogP contribution in [0.1, 0.15) is 0 Å². The molecule has 1 aliphatic rings. The Morgan fingerprint density at radius 1 is 1.04 bits per heavy atom. The number of ether oxygens (including phenoxy) is 1. The fourth-order valence-electron chi connectivity index (χ4n) is 2.67. The summed E-state index contributed by atoms with van der Waals surface area (Å²) in [6, 6.07) is 1.29. The summed E-state index contributed by atoms with van der Waals surface area (Å²) < 4.78 is 47.7. The van der Waals surface area contributed by atoms with Gasteiger partial charge in [-0.3, -0.25) is 9.69 Å². The van der Waals surface area contributed by atoms with Crippen LogP contribution in [0, 0.1) is 18.2 Å². The highest BCUT2D eigenvalue weighted by Crippen LogP contribution is 2.41. The van der Waals surface area contributed by atoms with Crippen LogP contribution >= 0.6 is 0 Å². The Balaban J connectivity index is 2.37. The van der Waals surface area contributed by atoms with Crippen LogP contribution in [0.2, 0.25) is 0 Å². The minimum absolute atomic E-state index is 0.322. The molecule has 3 rings (SSSR count). The van der Waals surface area contributed by atoms with Crippen LogP contribution in [0.15, 0.2) is 26.5 Å². The number of aromatic nitrogens is 3. The number of terminal acetylenes is 1. The zero-order chi connectivity index (χ0) is 21.0. The van der Waals surface area contributed by atoms with E-state index in [1.807, 2.05) is 5.92 Å². The summed E-state index contributed by atoms with van der Waals surface area (Å²) in [5.74, 6) is -1.77. The van der Waals surface area contributed by atoms with Crippen LogP contribution in [-0.2, 0) is 18.9 Å². The van der Waals surface area contributed by atoms with Crippen molar-refractivity contribution in [2.75, 3.05) is 11.4 Å². The molecule has 0 fully saturated rings. The molecule has 12 heteroatoms. The Labute approximate surface area is 153 Å². The van der Waals surface area contributed by atoms with Crippen LogP contribution in [0.25, 0.3) is 5.69 Å². The van der Waals surface area contributed by atoms with Gasteiger partial charge in [-0.25, -0.2) is 32.5 Å². The largest absolute Gasteiger partial charge is 0.483 e. The molecule has 1 amide bonds. The van der Waals surface area contributed by atoms with Crippen LogP contribution in [0.4, 0.5) is 18.9 Å². The highest BCUT2D eigenvalue weighted by Gasteiger charge is 2.50. The molecule has 1 aliphatic heterocycles. The zero-order valence-electron chi connectivity index (χ0n) is 14.4. The lowest BCUT2D eigenvalue weighted by atomic mass is 10.2. The van der Waals surface area contributed by atoms with Crippen molar-refractivity contribution in [3.63, 3.8) is 0 Å². The quantitative estimate of drug-likeness (QED) is 0.628. The minimum Gasteiger partial charge on any atom is -0.423 e. The standard InChI is InChI=1S/C16H11F3N4O5/c1-4-5-22-10-7-9(8(17)6-11(10)28-16(18,19)12(22)24)23-14(26)20(2)13(25)21(3)15(23)27/h1,6-7H,5H2,2-3H3. The predicted molar refractivity (Wildman–Crippen MR) is 89.2 cm³/mol. The van der Waals surface area contributed by atoms with Gasteiger partial charge in [0.05, 0.1) is 17.9 Å². The Morgan fingerprint density at radius 3 is 2.14 bits per heavy atom. The summed E-state index contributed by atoms with van der Waals surface area (Å²) in [5.41, 5.74) is -4.35. The molecule has 2 aromatic rings. The first kappa shape index (κ1) is 19.0. The molecule has 0 spiro atoms. The third-order valence-corrected chi connectivity index (χ3v) is 4.07. The van der Waals surface area contributed by atoms with Gasteiger partial charge in [-0.1, -0.05) is 5.92 Å². The van der Waals surface area contributed by atoms with Gasteiger partial charge in [-0.05, 0) is 6.07 Å². The highest BCUT2D eigenvalue weighted by molar-refractivity contribution is 6.01. The molecule has 28 heavy (non-hydrogen) atoms. The molecule has 0 radical (unpaired) electrons. The number of hydrogen-bond donors (Lipinski definition) is 0. The number of amides is 1. The lowest BCUT2D eigenvalue weighted by Gasteiger charge is -2.32. The van der Waals surface area contributed by atoms with Gasteiger partial charge in [0.15, 0.2) is 11.6 Å². The van der Waals surface area contributed by atoms with E-state index in [0.29, 0.717) is 24.7 Å². The number of fused-ring (bicyclic) bond motifs is 1. The molecule has 1 aromatic heterocycles. The topological polar surface area (TPSA) is 95.5 Å². The van der Waals surface area contributed by atoms with Crippen molar-refractivity contribution in [1.82, 2.24) is 13.7 Å². The lowest BCUT2D eigenvalue weighted by molar-refractivity contribution is -0.192. The second-order valence-electron chi connectivity index (χ2n) is 5.79. The minimum atomic E-state index is -4.28. The summed E-state index contributed by atoms with van der Waals surface area (Å²) in [7, 11) is 2.13. The molecule has 9 nitrogen and oxygen atoms in total. The van der Waals surface area contributed by atoms with E-state index in [9.17, 15) is 32.3 Å². The first-order valence-corrected chi connectivity index (χ1v) is 7.56. The van der Waals surface area contributed by atoms with Crippen LogP contribution in [0.5, 0.6) is 5.75 Å². The monoisotopic (exact) mass is 396 g/mol. The van der Waals surface area contributed by atoms with Gasteiger partial charge in [-0.15, -0.1) is 6.42 Å². The molecule has 0 atom stereocenters. The number of halogens is 3. The lowest BCUT2D eigenvalue weighted by Crippen LogP contribution is -2.53. The van der Waals surface area contributed by atoms with Gasteiger partial charge in [0.2, 0.25) is 0 Å². The number of rotatable bonds is 2. The van der Waals surface area contributed by atoms with Crippen molar-refractivity contribution in [2.45, 2.75) is 6.11 Å². The van der Waals surface area contributed by atoms with Crippen molar-refractivity contribution >= 4 is 11.6 Å². The predicted octanol–water partition coefficient (Wildman–Crippen LogP) is -0.675. The molecule has 0 N–H and O–H groups in total. The number of carbonyl (C=O) groups excluding carboxylic acids is 1. The second-order valence-corrected chi connectivity index (χ2v) is 5.79.